The van der Waals surface area contributed by atoms with Gasteiger partial charge in [-0.3, -0.25) is 9.36 Å². The summed E-state index contributed by atoms with van der Waals surface area (Å²) in [6.07, 6.45) is -2.63. The van der Waals surface area contributed by atoms with Crippen LogP contribution in [0.1, 0.15) is 36.0 Å². The molecule has 10 nitrogen and oxygen atoms in total. The molecule has 4 heterocycles. The summed E-state index contributed by atoms with van der Waals surface area (Å²) in [6, 6.07) is 11.4. The van der Waals surface area contributed by atoms with Crippen LogP contribution in [0.3, 0.4) is 0 Å². The number of aryl methyl sites for hydroxylation is 1. The van der Waals surface area contributed by atoms with Gasteiger partial charge in [-0.2, -0.15) is 13.2 Å². The average molecular weight is 778 g/mol. The first-order valence-electron chi connectivity index (χ1n) is 17.2. The fourth-order valence-corrected chi connectivity index (χ4v) is 8.47. The smallest absolute Gasteiger partial charge is 0.422 e. The van der Waals surface area contributed by atoms with E-state index >= 15 is 0 Å². The lowest BCUT2D eigenvalue weighted by molar-refractivity contribution is -0.296. The number of fused-ring (bicyclic) bond motifs is 2. The van der Waals surface area contributed by atoms with Crippen LogP contribution in [-0.2, 0) is 26.4 Å². The maximum Gasteiger partial charge on any atom is 0.422 e. The SMILES string of the molecule is Cc1nc2cc(-c3ncc([C@@](C)(OCOCC[Si](C)(C)C)C(F)(F)F)s3)c(N(C)[C@H]3CCN4C(=O)OC[C@@H]4C3)cc2c(=O)n1Cc1ccc(Cl)cc1. The van der Waals surface area contributed by atoms with E-state index in [-0.39, 0.29) is 35.2 Å². The van der Waals surface area contributed by atoms with Crippen LogP contribution >= 0.6 is 22.9 Å². The first-order valence-corrected chi connectivity index (χ1v) is 22.1. The molecular formula is C36H43ClF3N5O5SSi. The maximum absolute atomic E-state index is 14.7. The van der Waals surface area contributed by atoms with Gasteiger partial charge in [0.15, 0.2) is 5.60 Å². The predicted octanol–water partition coefficient (Wildman–Crippen LogP) is 8.06. The summed E-state index contributed by atoms with van der Waals surface area (Å²) in [6.45, 7) is 10.1. The van der Waals surface area contributed by atoms with Crippen molar-refractivity contribution in [1.29, 1.82) is 0 Å². The molecule has 280 valence electrons. The first-order chi connectivity index (χ1) is 24.4. The number of aromatic nitrogens is 3. The third-order valence-electron chi connectivity index (χ3n) is 9.94. The Balaban J connectivity index is 1.39. The third kappa shape index (κ3) is 7.88. The van der Waals surface area contributed by atoms with E-state index in [1.54, 1.807) is 40.7 Å². The second-order valence-corrected chi connectivity index (χ2v) is 21.9. The number of benzene rings is 2. The van der Waals surface area contributed by atoms with Crippen LogP contribution in [0.5, 0.6) is 0 Å². The van der Waals surface area contributed by atoms with E-state index < -0.39 is 26.6 Å². The van der Waals surface area contributed by atoms with Crippen LogP contribution in [0.4, 0.5) is 23.7 Å². The number of carbonyl (C=O) groups excluding carboxylic acids is 1. The number of rotatable bonds is 12. The molecule has 0 N–H and O–H groups in total. The van der Waals surface area contributed by atoms with E-state index in [0.29, 0.717) is 70.6 Å². The standard InChI is InChI=1S/C36H43ClF3N5O5SSi/c1-22-42-29-16-28(32-41-18-31(51-32)35(2,36(38,39)40)50-21-48-13-14-52(4,5)6)30(43(3)25-11-12-44-26(15-25)20-49-34(44)47)17-27(29)33(46)45(22)19-23-7-9-24(37)10-8-23/h7-10,16-18,25-26H,11-15,19-21H2,1-6H3/t25-,26-,35+/m0/s1. The third-order valence-corrected chi connectivity index (χ3v) is 13.1. The van der Waals surface area contributed by atoms with Gasteiger partial charge in [0.1, 0.15) is 24.2 Å². The predicted molar refractivity (Wildman–Crippen MR) is 199 cm³/mol. The molecule has 2 aromatic carbocycles. The molecule has 2 aliphatic rings. The summed E-state index contributed by atoms with van der Waals surface area (Å²) in [4.78, 5) is 39.2. The Bertz CT molecular complexity index is 2000. The molecule has 2 saturated heterocycles. The summed E-state index contributed by atoms with van der Waals surface area (Å²) in [7, 11) is 0.451. The number of hydrogen-bond donors (Lipinski definition) is 0. The Morgan fingerprint density at radius 3 is 2.58 bits per heavy atom. The Labute approximate surface area is 310 Å². The zero-order valence-electron chi connectivity index (χ0n) is 30.1. The van der Waals surface area contributed by atoms with Gasteiger partial charge in [0.2, 0.25) is 0 Å². The van der Waals surface area contributed by atoms with Crippen LogP contribution in [0.15, 0.2) is 47.4 Å². The van der Waals surface area contributed by atoms with Gasteiger partial charge in [-0.25, -0.2) is 14.8 Å². The number of nitrogens with zero attached hydrogens (tertiary/aromatic N) is 5. The number of halogens is 4. The molecular weight excluding hydrogens is 735 g/mol. The minimum Gasteiger partial charge on any atom is -0.447 e. The highest BCUT2D eigenvalue weighted by molar-refractivity contribution is 7.15. The maximum atomic E-state index is 14.7. The molecule has 0 bridgehead atoms. The Morgan fingerprint density at radius 1 is 1.15 bits per heavy atom. The fraction of sp³-hybridized carbons (Fsp3) is 0.500. The molecule has 0 saturated carbocycles. The van der Waals surface area contributed by atoms with E-state index in [4.69, 9.17) is 30.8 Å². The van der Waals surface area contributed by atoms with Gasteiger partial charge < -0.3 is 24.0 Å². The normalized spacial score (nSPS) is 19.1. The van der Waals surface area contributed by atoms with Gasteiger partial charge in [0.05, 0.1) is 28.4 Å². The van der Waals surface area contributed by atoms with Gasteiger partial charge in [-0.1, -0.05) is 43.4 Å². The monoisotopic (exact) mass is 777 g/mol. The second-order valence-electron chi connectivity index (χ2n) is 14.8. The lowest BCUT2D eigenvalue weighted by atomic mass is 9.96. The zero-order valence-corrected chi connectivity index (χ0v) is 32.6. The Kier molecular flexibility index (Phi) is 10.8. The molecule has 3 atom stereocenters. The number of piperidine rings is 1. The van der Waals surface area contributed by atoms with Gasteiger partial charge in [-0.05, 0) is 62.6 Å². The molecule has 6 rings (SSSR count). The summed E-state index contributed by atoms with van der Waals surface area (Å²) in [5.41, 5.74) is -0.509. The average Bonchev–Trinajstić information content (AvgIpc) is 3.73. The van der Waals surface area contributed by atoms with Gasteiger partial charge in [-0.15, -0.1) is 11.3 Å². The highest BCUT2D eigenvalue weighted by atomic mass is 35.5. The van der Waals surface area contributed by atoms with Crippen molar-refractivity contribution < 1.29 is 32.2 Å². The number of hydrogen-bond acceptors (Lipinski definition) is 9. The Hall–Kier alpha value is -3.50. The molecule has 0 aliphatic carbocycles. The zero-order chi connectivity index (χ0) is 37.6. The molecule has 0 unspecified atom stereocenters. The van der Waals surface area contributed by atoms with Gasteiger partial charge >= 0.3 is 12.3 Å². The Morgan fingerprint density at radius 2 is 1.88 bits per heavy atom. The molecule has 2 aromatic heterocycles. The van der Waals surface area contributed by atoms with E-state index in [1.807, 2.05) is 24.1 Å². The minimum atomic E-state index is -4.76. The fourth-order valence-electron chi connectivity index (χ4n) is 6.53. The number of alkyl halides is 3. The number of thiazole rings is 1. The summed E-state index contributed by atoms with van der Waals surface area (Å²) < 4.78 is 61.9. The molecule has 52 heavy (non-hydrogen) atoms. The van der Waals surface area contributed by atoms with Crippen molar-refractivity contribution in [3.05, 3.63) is 74.2 Å². The molecule has 2 aliphatic heterocycles. The lowest BCUT2D eigenvalue weighted by Gasteiger charge is -2.39. The highest BCUT2D eigenvalue weighted by Gasteiger charge is 2.55. The summed E-state index contributed by atoms with van der Waals surface area (Å²) in [5, 5.41) is 1.26. The van der Waals surface area contributed by atoms with Crippen LogP contribution < -0.4 is 10.5 Å². The molecule has 2 fully saturated rings. The van der Waals surface area contributed by atoms with Crippen molar-refractivity contribution in [2.24, 2.45) is 0 Å². The van der Waals surface area contributed by atoms with Crippen LogP contribution in [-0.4, -0.2) is 85.5 Å². The molecule has 16 heteroatoms. The van der Waals surface area contributed by atoms with Gasteiger partial charge in [0, 0.05) is 56.8 Å². The van der Waals surface area contributed by atoms with E-state index in [0.717, 1.165) is 29.9 Å². The topological polar surface area (TPSA) is 99.0 Å². The van der Waals surface area contributed by atoms with Crippen LogP contribution in [0.25, 0.3) is 21.5 Å². The molecule has 4 aromatic rings. The first kappa shape index (κ1) is 38.2. The van der Waals surface area contributed by atoms with E-state index in [2.05, 4.69) is 24.6 Å². The highest BCUT2D eigenvalue weighted by Crippen LogP contribution is 2.47. The van der Waals surface area contributed by atoms with E-state index in [9.17, 15) is 22.8 Å². The van der Waals surface area contributed by atoms with Crippen molar-refractivity contribution in [2.75, 3.05) is 38.5 Å². The number of carbonyl (C=O) groups is 1. The quantitative estimate of drug-likeness (QED) is 0.0810. The lowest BCUT2D eigenvalue weighted by Crippen LogP contribution is -2.48. The molecule has 0 radical (unpaired) electrons. The van der Waals surface area contributed by atoms with Crippen LogP contribution in [0.2, 0.25) is 30.7 Å². The van der Waals surface area contributed by atoms with Crippen molar-refractivity contribution in [3.8, 4) is 10.6 Å². The minimum absolute atomic E-state index is 0.0573. The van der Waals surface area contributed by atoms with Crippen molar-refractivity contribution in [1.82, 2.24) is 19.4 Å². The summed E-state index contributed by atoms with van der Waals surface area (Å²) >= 11 is 6.96. The number of ether oxygens (including phenoxy) is 3. The number of cyclic esters (lactones) is 1. The number of amides is 1. The van der Waals surface area contributed by atoms with Crippen molar-refractivity contribution in [3.63, 3.8) is 0 Å². The van der Waals surface area contributed by atoms with Crippen LogP contribution in [0, 0.1) is 6.92 Å². The summed E-state index contributed by atoms with van der Waals surface area (Å²) in [5.74, 6) is 0.477. The second kappa shape index (κ2) is 14.7. The largest absolute Gasteiger partial charge is 0.447 e. The number of anilines is 1. The van der Waals surface area contributed by atoms with E-state index in [1.165, 1.54) is 6.20 Å². The van der Waals surface area contributed by atoms with Crippen molar-refractivity contribution >= 4 is 53.7 Å². The molecule has 1 amide bonds. The van der Waals surface area contributed by atoms with Gasteiger partial charge in [0.25, 0.3) is 5.56 Å². The molecule has 0 spiro atoms. The van der Waals surface area contributed by atoms with Crippen molar-refractivity contribution in [2.45, 2.75) is 82.8 Å².